The molecule has 0 amide bonds. The molecule has 1 saturated carbocycles. The zero-order chi connectivity index (χ0) is 16.3. The molecule has 0 aliphatic heterocycles. The van der Waals surface area contributed by atoms with Gasteiger partial charge in [0.1, 0.15) is 11.6 Å². The molecule has 0 spiro atoms. The molecule has 0 saturated heterocycles. The minimum absolute atomic E-state index is 0.147. The summed E-state index contributed by atoms with van der Waals surface area (Å²) in [5.41, 5.74) is 12.3. The van der Waals surface area contributed by atoms with Crippen molar-refractivity contribution in [1.82, 2.24) is 15.0 Å². The van der Waals surface area contributed by atoms with E-state index in [-0.39, 0.29) is 17.3 Å². The van der Waals surface area contributed by atoms with Crippen molar-refractivity contribution in [3.63, 3.8) is 0 Å². The Kier molecular flexibility index (Phi) is 4.59. The number of aryl methyl sites for hydroxylation is 1. The number of nitrogens with zero attached hydrogens (tertiary/aromatic N) is 3. The van der Waals surface area contributed by atoms with Crippen molar-refractivity contribution in [2.45, 2.75) is 64.2 Å². The first kappa shape index (κ1) is 15.9. The Labute approximate surface area is 136 Å². The number of Topliss-reactive ketones (excluding diaryl/α,β-unsaturated/α-hetero) is 1. The van der Waals surface area contributed by atoms with Gasteiger partial charge in [-0.2, -0.15) is 15.0 Å². The molecule has 1 atom stereocenters. The van der Waals surface area contributed by atoms with Crippen molar-refractivity contribution in [1.29, 1.82) is 0 Å². The maximum absolute atomic E-state index is 12.8. The van der Waals surface area contributed by atoms with Crippen molar-refractivity contribution in [3.05, 3.63) is 17.5 Å². The molecule has 0 aromatic carbocycles. The van der Waals surface area contributed by atoms with Crippen LogP contribution in [0, 0.1) is 5.41 Å². The summed E-state index contributed by atoms with van der Waals surface area (Å²) in [6.07, 6.45) is 12.0. The number of anilines is 2. The number of hydrogen-bond donors (Lipinski definition) is 2. The van der Waals surface area contributed by atoms with E-state index in [1.165, 1.54) is 18.4 Å². The lowest BCUT2D eigenvalue weighted by atomic mass is 9.63. The molecule has 0 radical (unpaired) electrons. The van der Waals surface area contributed by atoms with Gasteiger partial charge in [-0.1, -0.05) is 18.1 Å². The predicted molar refractivity (Wildman–Crippen MR) is 89.4 cm³/mol. The second-order valence-electron chi connectivity index (χ2n) is 6.66. The molecule has 124 valence electrons. The fourth-order valence-corrected chi connectivity index (χ4v) is 4.02. The van der Waals surface area contributed by atoms with E-state index in [1.807, 2.05) is 0 Å². The van der Waals surface area contributed by atoms with Crippen LogP contribution in [0.25, 0.3) is 0 Å². The van der Waals surface area contributed by atoms with E-state index in [9.17, 15) is 4.79 Å². The van der Waals surface area contributed by atoms with Crippen molar-refractivity contribution >= 4 is 17.7 Å². The van der Waals surface area contributed by atoms with Crippen LogP contribution in [0.1, 0.15) is 63.6 Å². The second-order valence-corrected chi connectivity index (χ2v) is 6.66. The average Bonchev–Trinajstić information content (AvgIpc) is 2.54. The maximum atomic E-state index is 12.8. The van der Waals surface area contributed by atoms with Crippen molar-refractivity contribution in [2.24, 2.45) is 5.41 Å². The van der Waals surface area contributed by atoms with E-state index in [4.69, 9.17) is 11.5 Å². The van der Waals surface area contributed by atoms with Crippen LogP contribution < -0.4 is 11.5 Å². The fourth-order valence-electron chi connectivity index (χ4n) is 4.02. The van der Waals surface area contributed by atoms with Crippen molar-refractivity contribution < 1.29 is 4.79 Å². The van der Waals surface area contributed by atoms with Gasteiger partial charge in [-0.25, -0.2) is 0 Å². The lowest BCUT2D eigenvalue weighted by molar-refractivity contribution is -0.129. The first-order valence-electron chi connectivity index (χ1n) is 8.59. The number of carbonyl (C=O) groups excluding carboxylic acids is 1. The molecule has 1 fully saturated rings. The van der Waals surface area contributed by atoms with Crippen LogP contribution >= 0.6 is 0 Å². The smallest absolute Gasteiger partial charge is 0.225 e. The Balaban J connectivity index is 1.84. The summed E-state index contributed by atoms with van der Waals surface area (Å²) in [5.74, 6) is 1.28. The number of hydrogen-bond acceptors (Lipinski definition) is 6. The molecule has 4 N–H and O–H groups in total. The van der Waals surface area contributed by atoms with Gasteiger partial charge in [-0.15, -0.1) is 0 Å². The standard InChI is InChI=1S/C17H25N5O/c18-15-20-14(21-16(19)22-15)9-11-17(10-5-4-8-13(17)23)12-6-2-1-3-7-12/h6H,1-5,7-11H2,(H4,18,19,20,21,22). The number of ketones is 1. The van der Waals surface area contributed by atoms with E-state index < -0.39 is 0 Å². The number of aromatic nitrogens is 3. The summed E-state index contributed by atoms with van der Waals surface area (Å²) in [7, 11) is 0. The van der Waals surface area contributed by atoms with Crippen LogP contribution in [0.4, 0.5) is 11.9 Å². The molecule has 1 aromatic heterocycles. The summed E-state index contributed by atoms with van der Waals surface area (Å²) >= 11 is 0. The summed E-state index contributed by atoms with van der Waals surface area (Å²) in [6.45, 7) is 0. The Bertz CT molecular complexity index is 607. The van der Waals surface area contributed by atoms with Crippen LogP contribution in [0.2, 0.25) is 0 Å². The van der Waals surface area contributed by atoms with E-state index >= 15 is 0 Å². The zero-order valence-corrected chi connectivity index (χ0v) is 13.6. The first-order chi connectivity index (χ1) is 11.1. The van der Waals surface area contributed by atoms with Gasteiger partial charge >= 0.3 is 0 Å². The molecule has 23 heavy (non-hydrogen) atoms. The monoisotopic (exact) mass is 315 g/mol. The van der Waals surface area contributed by atoms with E-state index in [0.29, 0.717) is 24.4 Å². The molecule has 2 aliphatic rings. The Hall–Kier alpha value is -1.98. The highest BCUT2D eigenvalue weighted by atomic mass is 16.1. The molecular formula is C17H25N5O. The SMILES string of the molecule is Nc1nc(N)nc(CCC2(C3=CCCCC3)CCCCC2=O)n1. The average molecular weight is 315 g/mol. The highest BCUT2D eigenvalue weighted by Gasteiger charge is 2.42. The molecule has 0 bridgehead atoms. The molecular weight excluding hydrogens is 290 g/mol. The van der Waals surface area contributed by atoms with Crippen molar-refractivity contribution in [3.8, 4) is 0 Å². The lowest BCUT2D eigenvalue weighted by Gasteiger charge is -2.39. The molecule has 6 nitrogen and oxygen atoms in total. The molecule has 3 rings (SSSR count). The van der Waals surface area contributed by atoms with Crippen LogP contribution in [-0.2, 0) is 11.2 Å². The van der Waals surface area contributed by atoms with Gasteiger partial charge in [0, 0.05) is 12.8 Å². The third kappa shape index (κ3) is 3.35. The van der Waals surface area contributed by atoms with E-state index in [2.05, 4.69) is 21.0 Å². The number of rotatable bonds is 4. The van der Waals surface area contributed by atoms with E-state index in [0.717, 1.165) is 38.5 Å². The Morgan fingerprint density at radius 3 is 2.39 bits per heavy atom. The maximum Gasteiger partial charge on any atom is 0.225 e. The molecule has 1 heterocycles. The largest absolute Gasteiger partial charge is 0.368 e. The van der Waals surface area contributed by atoms with Gasteiger partial charge in [0.2, 0.25) is 11.9 Å². The van der Waals surface area contributed by atoms with Gasteiger partial charge in [-0.3, -0.25) is 4.79 Å². The quantitative estimate of drug-likeness (QED) is 0.827. The van der Waals surface area contributed by atoms with Gasteiger partial charge in [-0.05, 0) is 44.9 Å². The number of nitrogens with two attached hydrogens (primary N) is 2. The molecule has 1 aromatic rings. The van der Waals surface area contributed by atoms with Gasteiger partial charge in [0.05, 0.1) is 5.41 Å². The minimum Gasteiger partial charge on any atom is -0.368 e. The molecule has 6 heteroatoms. The van der Waals surface area contributed by atoms with Gasteiger partial charge in [0.25, 0.3) is 0 Å². The predicted octanol–water partition coefficient (Wildman–Crippen LogP) is 2.60. The Morgan fingerprint density at radius 1 is 1.00 bits per heavy atom. The van der Waals surface area contributed by atoms with Crippen LogP contribution in [0.15, 0.2) is 11.6 Å². The highest BCUT2D eigenvalue weighted by Crippen LogP contribution is 2.46. The van der Waals surface area contributed by atoms with E-state index in [1.54, 1.807) is 0 Å². The first-order valence-corrected chi connectivity index (χ1v) is 8.59. The lowest BCUT2D eigenvalue weighted by Crippen LogP contribution is -2.37. The third-order valence-corrected chi connectivity index (χ3v) is 5.19. The zero-order valence-electron chi connectivity index (χ0n) is 13.6. The fraction of sp³-hybridized carbons (Fsp3) is 0.647. The highest BCUT2D eigenvalue weighted by molar-refractivity contribution is 5.88. The summed E-state index contributed by atoms with van der Waals surface area (Å²) < 4.78 is 0. The number of allylic oxidation sites excluding steroid dienone is 2. The van der Waals surface area contributed by atoms with Crippen molar-refractivity contribution in [2.75, 3.05) is 11.5 Å². The number of nitrogen functional groups attached to an aromatic ring is 2. The topological polar surface area (TPSA) is 108 Å². The van der Waals surface area contributed by atoms with Gasteiger partial charge < -0.3 is 11.5 Å². The normalized spacial score (nSPS) is 25.2. The summed E-state index contributed by atoms with van der Waals surface area (Å²) in [5, 5.41) is 0. The number of carbonyl (C=O) groups is 1. The molecule has 2 aliphatic carbocycles. The Morgan fingerprint density at radius 2 is 1.74 bits per heavy atom. The third-order valence-electron chi connectivity index (χ3n) is 5.19. The summed E-state index contributed by atoms with van der Waals surface area (Å²) in [4.78, 5) is 25.0. The molecule has 1 unspecified atom stereocenters. The minimum atomic E-state index is -0.311. The van der Waals surface area contributed by atoms with Crippen LogP contribution in [0.3, 0.4) is 0 Å². The van der Waals surface area contributed by atoms with Crippen LogP contribution in [-0.4, -0.2) is 20.7 Å². The second kappa shape index (κ2) is 6.64. The summed E-state index contributed by atoms with van der Waals surface area (Å²) in [6, 6.07) is 0. The van der Waals surface area contributed by atoms with Gasteiger partial charge in [0.15, 0.2) is 0 Å². The van der Waals surface area contributed by atoms with Crippen LogP contribution in [0.5, 0.6) is 0 Å².